The van der Waals surface area contributed by atoms with Gasteiger partial charge in [-0.3, -0.25) is 14.7 Å². The summed E-state index contributed by atoms with van der Waals surface area (Å²) in [5.41, 5.74) is 2.07. The molecule has 1 fully saturated rings. The second-order valence-corrected chi connectivity index (χ2v) is 6.66. The van der Waals surface area contributed by atoms with Crippen LogP contribution in [0.5, 0.6) is 0 Å². The van der Waals surface area contributed by atoms with Crippen LogP contribution in [-0.2, 0) is 9.53 Å². The van der Waals surface area contributed by atoms with Crippen molar-refractivity contribution >= 4 is 34.9 Å². The number of nitrogens with zero attached hydrogens (tertiary/aromatic N) is 2. The average Bonchev–Trinajstić information content (AvgIpc) is 3.21. The molecule has 134 valence electrons. The molecule has 0 saturated carbocycles. The molecule has 3 rings (SSSR count). The number of hydrogen-bond donors (Lipinski definition) is 0. The van der Waals surface area contributed by atoms with Crippen LogP contribution < -0.4 is 0 Å². The van der Waals surface area contributed by atoms with Gasteiger partial charge in [0.1, 0.15) is 11.5 Å². The van der Waals surface area contributed by atoms with Gasteiger partial charge in [-0.2, -0.15) is 0 Å². The first-order valence-corrected chi connectivity index (χ1v) is 8.70. The largest absolute Gasteiger partial charge is 0.465 e. The third-order valence-corrected chi connectivity index (χ3v) is 5.25. The Balaban J connectivity index is 1.94. The number of thioether (sulfide) groups is 1. The summed E-state index contributed by atoms with van der Waals surface area (Å²) in [4.78, 5) is 30.2. The summed E-state index contributed by atoms with van der Waals surface area (Å²) in [6, 6.07) is 8.98. The maximum absolute atomic E-state index is 12.2. The summed E-state index contributed by atoms with van der Waals surface area (Å²) < 4.78 is 10.7. The van der Waals surface area contributed by atoms with Crippen LogP contribution in [0.4, 0.5) is 0 Å². The monoisotopic (exact) mass is 370 g/mol. The Bertz CT molecular complexity index is 943. The molecule has 1 aromatic heterocycles. The molecule has 1 aliphatic heterocycles. The highest BCUT2D eigenvalue weighted by atomic mass is 32.2. The molecule has 0 unspecified atom stereocenters. The number of methoxy groups -OCH3 is 1. The number of esters is 1. The van der Waals surface area contributed by atoms with E-state index in [4.69, 9.17) is 9.15 Å². The van der Waals surface area contributed by atoms with Crippen molar-refractivity contribution in [1.29, 1.82) is 0 Å². The third-order valence-electron chi connectivity index (χ3n) is 4.10. The SMILES string of the molecule is CN=C1S/C(=C/c2ccc(-c3cccc(C(=O)OC)c3C)o2)C(=O)N1C. The van der Waals surface area contributed by atoms with Gasteiger partial charge in [-0.05, 0) is 42.4 Å². The van der Waals surface area contributed by atoms with Crippen molar-refractivity contribution in [3.63, 3.8) is 0 Å². The molecule has 0 atom stereocenters. The predicted octanol–water partition coefficient (Wildman–Crippen LogP) is 3.57. The molecule has 0 bridgehead atoms. The highest BCUT2D eigenvalue weighted by Crippen LogP contribution is 2.33. The third kappa shape index (κ3) is 3.17. The molecule has 6 nitrogen and oxygen atoms in total. The van der Waals surface area contributed by atoms with Gasteiger partial charge in [-0.1, -0.05) is 12.1 Å². The summed E-state index contributed by atoms with van der Waals surface area (Å²) in [6.45, 7) is 1.84. The van der Waals surface area contributed by atoms with Crippen molar-refractivity contribution in [2.45, 2.75) is 6.92 Å². The number of hydrogen-bond acceptors (Lipinski definition) is 6. The fourth-order valence-corrected chi connectivity index (χ4v) is 3.59. The van der Waals surface area contributed by atoms with Gasteiger partial charge >= 0.3 is 5.97 Å². The lowest BCUT2D eigenvalue weighted by Gasteiger charge is -2.07. The van der Waals surface area contributed by atoms with E-state index in [1.807, 2.05) is 19.1 Å². The minimum atomic E-state index is -0.388. The molecule has 2 heterocycles. The van der Waals surface area contributed by atoms with Gasteiger partial charge in [-0.25, -0.2) is 4.79 Å². The van der Waals surface area contributed by atoms with Crippen LogP contribution in [-0.4, -0.2) is 43.1 Å². The maximum atomic E-state index is 12.2. The highest BCUT2D eigenvalue weighted by Gasteiger charge is 2.30. The minimum Gasteiger partial charge on any atom is -0.465 e. The van der Waals surface area contributed by atoms with Gasteiger partial charge in [0.2, 0.25) is 0 Å². The Morgan fingerprint density at radius 3 is 2.73 bits per heavy atom. The lowest BCUT2D eigenvalue weighted by Crippen LogP contribution is -2.23. The second-order valence-electron chi connectivity index (χ2n) is 5.65. The lowest BCUT2D eigenvalue weighted by molar-refractivity contribution is -0.121. The maximum Gasteiger partial charge on any atom is 0.338 e. The van der Waals surface area contributed by atoms with Crippen LogP contribution in [0.15, 0.2) is 44.6 Å². The fraction of sp³-hybridized carbons (Fsp3) is 0.211. The number of amidine groups is 1. The fourth-order valence-electron chi connectivity index (χ4n) is 2.69. The van der Waals surface area contributed by atoms with Crippen LogP contribution in [0.1, 0.15) is 21.7 Å². The van der Waals surface area contributed by atoms with E-state index in [0.29, 0.717) is 27.2 Å². The van der Waals surface area contributed by atoms with Crippen molar-refractivity contribution in [3.8, 4) is 11.3 Å². The summed E-state index contributed by atoms with van der Waals surface area (Å²) in [5.74, 6) is 0.677. The molecule has 7 heteroatoms. The van der Waals surface area contributed by atoms with E-state index >= 15 is 0 Å². The first-order chi connectivity index (χ1) is 12.5. The normalized spacial score (nSPS) is 17.4. The van der Waals surface area contributed by atoms with E-state index in [9.17, 15) is 9.59 Å². The summed E-state index contributed by atoms with van der Waals surface area (Å²) in [5, 5.41) is 0.648. The van der Waals surface area contributed by atoms with Crippen molar-refractivity contribution in [2.75, 3.05) is 21.2 Å². The number of furan rings is 1. The Morgan fingerprint density at radius 2 is 2.08 bits per heavy atom. The zero-order valence-corrected chi connectivity index (χ0v) is 15.7. The molecule has 0 N–H and O–H groups in total. The van der Waals surface area contributed by atoms with Crippen LogP contribution in [0.3, 0.4) is 0 Å². The molecule has 1 amide bonds. The van der Waals surface area contributed by atoms with Gasteiger partial charge in [0, 0.05) is 25.7 Å². The Hall–Kier alpha value is -2.80. The van der Waals surface area contributed by atoms with E-state index in [0.717, 1.165) is 11.1 Å². The average molecular weight is 370 g/mol. The number of ether oxygens (including phenoxy) is 1. The number of rotatable bonds is 3. The summed E-state index contributed by atoms with van der Waals surface area (Å²) in [6.07, 6.45) is 1.70. The number of benzene rings is 1. The lowest BCUT2D eigenvalue weighted by atomic mass is 10.0. The van der Waals surface area contributed by atoms with Crippen molar-refractivity contribution < 1.29 is 18.7 Å². The second kappa shape index (κ2) is 7.21. The van der Waals surface area contributed by atoms with Crippen LogP contribution >= 0.6 is 11.8 Å². The zero-order chi connectivity index (χ0) is 18.8. The van der Waals surface area contributed by atoms with Gasteiger partial charge in [0.15, 0.2) is 5.17 Å². The van der Waals surface area contributed by atoms with Crippen molar-refractivity contribution in [2.24, 2.45) is 4.99 Å². The molecule has 1 saturated heterocycles. The first kappa shape index (κ1) is 18.0. The molecule has 1 aliphatic rings. The van der Waals surface area contributed by atoms with E-state index in [-0.39, 0.29) is 11.9 Å². The van der Waals surface area contributed by atoms with Gasteiger partial charge in [-0.15, -0.1) is 0 Å². The van der Waals surface area contributed by atoms with E-state index in [1.165, 1.54) is 23.8 Å². The number of carbonyl (C=O) groups is 2. The molecule has 0 aliphatic carbocycles. The topological polar surface area (TPSA) is 72.1 Å². The van der Waals surface area contributed by atoms with E-state index in [1.54, 1.807) is 38.4 Å². The molecule has 0 radical (unpaired) electrons. The van der Waals surface area contributed by atoms with Crippen LogP contribution in [0, 0.1) is 6.92 Å². The standard InChI is InChI=1S/C19H18N2O4S/c1-11-13(6-5-7-14(11)18(23)24-4)15-9-8-12(25-15)10-16-17(22)21(3)19(20-2)26-16/h5-10H,1-4H3/b16-10+,20-19?. The Morgan fingerprint density at radius 1 is 1.31 bits per heavy atom. The smallest absolute Gasteiger partial charge is 0.338 e. The Labute approximate surface area is 155 Å². The van der Waals surface area contributed by atoms with E-state index in [2.05, 4.69) is 4.99 Å². The number of amides is 1. The van der Waals surface area contributed by atoms with Crippen LogP contribution in [0.25, 0.3) is 17.4 Å². The van der Waals surface area contributed by atoms with Crippen molar-refractivity contribution in [3.05, 3.63) is 52.1 Å². The summed E-state index contributed by atoms with van der Waals surface area (Å²) in [7, 11) is 4.69. The molecule has 2 aromatic rings. The molecule has 26 heavy (non-hydrogen) atoms. The first-order valence-electron chi connectivity index (χ1n) is 7.88. The summed E-state index contributed by atoms with van der Waals surface area (Å²) >= 11 is 1.31. The molecule has 1 aromatic carbocycles. The van der Waals surface area contributed by atoms with Crippen molar-refractivity contribution in [1.82, 2.24) is 4.90 Å². The molecule has 0 spiro atoms. The Kier molecular flexibility index (Phi) is 4.99. The predicted molar refractivity (Wildman–Crippen MR) is 102 cm³/mol. The van der Waals surface area contributed by atoms with Gasteiger partial charge < -0.3 is 9.15 Å². The highest BCUT2D eigenvalue weighted by molar-refractivity contribution is 8.18. The van der Waals surface area contributed by atoms with Gasteiger partial charge in [0.25, 0.3) is 5.91 Å². The number of likely N-dealkylation sites (N-methyl/N-ethyl adjacent to an activating group) is 1. The minimum absolute atomic E-state index is 0.114. The number of carbonyl (C=O) groups excluding carboxylic acids is 2. The number of aliphatic imine (C=N–C) groups is 1. The van der Waals surface area contributed by atoms with Gasteiger partial charge in [0.05, 0.1) is 17.6 Å². The zero-order valence-electron chi connectivity index (χ0n) is 14.9. The van der Waals surface area contributed by atoms with Crippen LogP contribution in [0.2, 0.25) is 0 Å². The molecular weight excluding hydrogens is 352 g/mol. The molecular formula is C19H18N2O4S. The van der Waals surface area contributed by atoms with E-state index < -0.39 is 0 Å². The quantitative estimate of drug-likeness (QED) is 0.610.